The Morgan fingerprint density at radius 2 is 2.22 bits per heavy atom. The maximum Gasteiger partial charge on any atom is 0.260 e. The number of benzene rings is 1. The SMILES string of the molecule is O=c1[nH]c2c(C3=CN(C4CC4)NO3)ncn2c2cccc(Cl)c12. The molecule has 0 bridgehead atoms. The number of H-pyrrole nitrogens is 1. The summed E-state index contributed by atoms with van der Waals surface area (Å²) in [6, 6.07) is 5.82. The van der Waals surface area contributed by atoms with Crippen LogP contribution in [0.4, 0.5) is 0 Å². The standard InChI is InChI=1S/C15H12ClN5O2/c16-9-2-1-3-10-12(9)15(22)18-14-13(17-7-20(10)14)11-6-21(19-23-11)8-4-5-8/h1-3,6-8,19H,4-5H2,(H,18,22). The van der Waals surface area contributed by atoms with Gasteiger partial charge in [0, 0.05) is 6.04 Å². The van der Waals surface area contributed by atoms with Crippen LogP contribution in [0.25, 0.3) is 22.3 Å². The molecule has 116 valence electrons. The van der Waals surface area contributed by atoms with Gasteiger partial charge >= 0.3 is 0 Å². The van der Waals surface area contributed by atoms with Gasteiger partial charge in [-0.3, -0.25) is 14.2 Å². The molecule has 3 heterocycles. The normalized spacial score (nSPS) is 17.8. The van der Waals surface area contributed by atoms with Gasteiger partial charge in [0.1, 0.15) is 12.0 Å². The number of nitrogens with zero attached hydrogens (tertiary/aromatic N) is 3. The molecule has 3 aromatic rings. The predicted octanol–water partition coefficient (Wildman–Crippen LogP) is 2.04. The van der Waals surface area contributed by atoms with E-state index in [1.54, 1.807) is 12.4 Å². The molecule has 1 fully saturated rings. The van der Waals surface area contributed by atoms with Crippen LogP contribution in [0, 0.1) is 0 Å². The average molecular weight is 330 g/mol. The molecule has 8 heteroatoms. The van der Waals surface area contributed by atoms with Gasteiger partial charge in [0.25, 0.3) is 5.56 Å². The van der Waals surface area contributed by atoms with Crippen molar-refractivity contribution in [3.63, 3.8) is 0 Å². The minimum absolute atomic E-state index is 0.245. The van der Waals surface area contributed by atoms with Crippen LogP contribution in [-0.2, 0) is 4.84 Å². The van der Waals surface area contributed by atoms with E-state index in [-0.39, 0.29) is 5.56 Å². The fourth-order valence-corrected chi connectivity index (χ4v) is 3.12. The molecule has 0 amide bonds. The Hall–Kier alpha value is -2.51. The van der Waals surface area contributed by atoms with Crippen molar-refractivity contribution < 1.29 is 4.84 Å². The summed E-state index contributed by atoms with van der Waals surface area (Å²) in [6.45, 7) is 0. The van der Waals surface area contributed by atoms with Crippen LogP contribution in [0.2, 0.25) is 5.02 Å². The molecule has 1 aromatic carbocycles. The Kier molecular flexibility index (Phi) is 2.54. The molecule has 7 nitrogen and oxygen atoms in total. The summed E-state index contributed by atoms with van der Waals surface area (Å²) in [6.07, 6.45) is 5.82. The number of hydrazine groups is 1. The Labute approximate surface area is 135 Å². The zero-order valence-electron chi connectivity index (χ0n) is 11.9. The zero-order valence-corrected chi connectivity index (χ0v) is 12.7. The lowest BCUT2D eigenvalue weighted by Gasteiger charge is -2.10. The lowest BCUT2D eigenvalue weighted by atomic mass is 10.2. The number of rotatable bonds is 2. The molecular formula is C15H12ClN5O2. The monoisotopic (exact) mass is 329 g/mol. The van der Waals surface area contributed by atoms with Gasteiger partial charge in [0.05, 0.1) is 22.1 Å². The van der Waals surface area contributed by atoms with Gasteiger partial charge < -0.3 is 9.82 Å². The third-order valence-electron chi connectivity index (χ3n) is 4.17. The first-order chi connectivity index (χ1) is 11.2. The minimum atomic E-state index is -0.245. The number of aromatic nitrogens is 3. The van der Waals surface area contributed by atoms with E-state index in [0.717, 1.165) is 12.8 Å². The lowest BCUT2D eigenvalue weighted by molar-refractivity contribution is 0.0421. The Balaban J connectivity index is 1.74. The first-order valence-electron chi connectivity index (χ1n) is 7.33. The molecule has 2 aromatic heterocycles. The van der Waals surface area contributed by atoms with E-state index in [9.17, 15) is 4.79 Å². The fraction of sp³-hybridized carbons (Fsp3) is 0.200. The first-order valence-corrected chi connectivity index (χ1v) is 7.71. The predicted molar refractivity (Wildman–Crippen MR) is 85.4 cm³/mol. The second kappa shape index (κ2) is 4.50. The average Bonchev–Trinajstić information content (AvgIpc) is 3.12. The largest absolute Gasteiger partial charge is 0.385 e. The Morgan fingerprint density at radius 1 is 1.35 bits per heavy atom. The van der Waals surface area contributed by atoms with Gasteiger partial charge in [-0.1, -0.05) is 23.3 Å². The number of hydrogen-bond acceptors (Lipinski definition) is 5. The van der Waals surface area contributed by atoms with Gasteiger partial charge in [-0.2, -0.15) is 0 Å². The maximum absolute atomic E-state index is 12.4. The molecule has 0 radical (unpaired) electrons. The highest BCUT2D eigenvalue weighted by Gasteiger charge is 2.32. The van der Waals surface area contributed by atoms with Crippen LogP contribution in [0.5, 0.6) is 0 Å². The number of aromatic amines is 1. The van der Waals surface area contributed by atoms with E-state index in [4.69, 9.17) is 16.4 Å². The molecule has 0 spiro atoms. The van der Waals surface area contributed by atoms with E-state index in [2.05, 4.69) is 15.6 Å². The molecule has 0 unspecified atom stereocenters. The molecule has 23 heavy (non-hydrogen) atoms. The molecule has 5 rings (SSSR count). The molecular weight excluding hydrogens is 318 g/mol. The number of nitrogens with one attached hydrogen (secondary N) is 2. The summed E-state index contributed by atoms with van der Waals surface area (Å²) >= 11 is 6.15. The van der Waals surface area contributed by atoms with Crippen LogP contribution in [0.3, 0.4) is 0 Å². The third-order valence-corrected chi connectivity index (χ3v) is 4.48. The third kappa shape index (κ3) is 1.87. The van der Waals surface area contributed by atoms with Crippen LogP contribution in [-0.4, -0.2) is 25.4 Å². The highest BCUT2D eigenvalue weighted by Crippen LogP contribution is 2.31. The van der Waals surface area contributed by atoms with Crippen molar-refractivity contribution in [1.82, 2.24) is 25.0 Å². The van der Waals surface area contributed by atoms with Crippen molar-refractivity contribution in [3.8, 4) is 0 Å². The highest BCUT2D eigenvalue weighted by atomic mass is 35.5. The molecule has 0 atom stereocenters. The summed E-state index contributed by atoms with van der Waals surface area (Å²) in [4.78, 5) is 25.2. The highest BCUT2D eigenvalue weighted by molar-refractivity contribution is 6.35. The fourth-order valence-electron chi connectivity index (χ4n) is 2.86. The van der Waals surface area contributed by atoms with Gasteiger partial charge in [-0.25, -0.2) is 4.98 Å². The number of halogens is 1. The van der Waals surface area contributed by atoms with Gasteiger partial charge in [0.15, 0.2) is 11.5 Å². The van der Waals surface area contributed by atoms with E-state index in [1.165, 1.54) is 0 Å². The van der Waals surface area contributed by atoms with Crippen LogP contribution in [0.1, 0.15) is 18.5 Å². The smallest absolute Gasteiger partial charge is 0.260 e. The zero-order chi connectivity index (χ0) is 15.6. The van der Waals surface area contributed by atoms with Gasteiger partial charge in [-0.15, -0.1) is 0 Å². The quantitative estimate of drug-likeness (QED) is 0.752. The van der Waals surface area contributed by atoms with Crippen molar-refractivity contribution in [2.75, 3.05) is 0 Å². The molecule has 2 aliphatic rings. The van der Waals surface area contributed by atoms with E-state index < -0.39 is 0 Å². The second-order valence-electron chi connectivity index (χ2n) is 5.73. The molecule has 1 saturated carbocycles. The summed E-state index contributed by atoms with van der Waals surface area (Å²) in [5.74, 6) is 0.580. The van der Waals surface area contributed by atoms with Crippen molar-refractivity contribution in [3.05, 3.63) is 51.8 Å². The van der Waals surface area contributed by atoms with Crippen LogP contribution in [0.15, 0.2) is 35.5 Å². The van der Waals surface area contributed by atoms with Gasteiger partial charge in [0.2, 0.25) is 0 Å². The van der Waals surface area contributed by atoms with E-state index in [1.807, 2.05) is 27.7 Å². The summed E-state index contributed by atoms with van der Waals surface area (Å²) in [5, 5.41) is 2.79. The maximum atomic E-state index is 12.4. The first kappa shape index (κ1) is 13.0. The van der Waals surface area contributed by atoms with Crippen molar-refractivity contribution >= 4 is 33.9 Å². The van der Waals surface area contributed by atoms with Crippen LogP contribution >= 0.6 is 11.6 Å². The number of fused-ring (bicyclic) bond motifs is 3. The van der Waals surface area contributed by atoms with Crippen molar-refractivity contribution in [1.29, 1.82) is 0 Å². The van der Waals surface area contributed by atoms with E-state index >= 15 is 0 Å². The summed E-state index contributed by atoms with van der Waals surface area (Å²) < 4.78 is 1.81. The topological polar surface area (TPSA) is 74.7 Å². The van der Waals surface area contributed by atoms with Crippen LogP contribution < -0.4 is 11.1 Å². The molecule has 1 aliphatic heterocycles. The molecule has 2 N–H and O–H groups in total. The van der Waals surface area contributed by atoms with E-state index in [0.29, 0.717) is 39.1 Å². The minimum Gasteiger partial charge on any atom is -0.385 e. The van der Waals surface area contributed by atoms with Gasteiger partial charge in [-0.05, 0) is 25.0 Å². The Morgan fingerprint density at radius 3 is 3.04 bits per heavy atom. The summed E-state index contributed by atoms with van der Waals surface area (Å²) in [7, 11) is 0. The summed E-state index contributed by atoms with van der Waals surface area (Å²) in [5.41, 5.74) is 4.49. The second-order valence-corrected chi connectivity index (χ2v) is 6.13. The molecule has 0 saturated heterocycles. The van der Waals surface area contributed by atoms with Crippen molar-refractivity contribution in [2.24, 2.45) is 0 Å². The number of imidazole rings is 1. The lowest BCUT2D eigenvalue weighted by Crippen LogP contribution is -2.29. The molecule has 1 aliphatic carbocycles. The number of hydrogen-bond donors (Lipinski definition) is 2. The Bertz CT molecular complexity index is 1030. The van der Waals surface area contributed by atoms with Crippen molar-refractivity contribution in [2.45, 2.75) is 18.9 Å².